The fourth-order valence-electron chi connectivity index (χ4n) is 1.96. The smallest absolute Gasteiger partial charge is 0.137 e. The van der Waals surface area contributed by atoms with E-state index in [-0.39, 0.29) is 0 Å². The number of aromatic nitrogens is 5. The summed E-state index contributed by atoms with van der Waals surface area (Å²) in [6.07, 6.45) is 4.33. The number of rotatable bonds is 6. The second-order valence-electron chi connectivity index (χ2n) is 4.45. The first kappa shape index (κ1) is 12.6. The Morgan fingerprint density at radius 2 is 2.05 bits per heavy atom. The summed E-state index contributed by atoms with van der Waals surface area (Å²) in [6, 6.07) is 12.1. The van der Waals surface area contributed by atoms with E-state index in [1.54, 1.807) is 0 Å². The molecule has 6 nitrogen and oxygen atoms in total. The highest BCUT2D eigenvalue weighted by Gasteiger charge is 2.01. The molecule has 0 saturated heterocycles. The normalized spacial score (nSPS) is 10.8. The quantitative estimate of drug-likeness (QED) is 0.661. The molecular weight excluding hydrogens is 252 g/mol. The SMILES string of the molecule is c1ccc(-n2ccc(CNCCc3ncn[nH]3)n2)cc1. The molecule has 0 aliphatic rings. The van der Waals surface area contributed by atoms with Gasteiger partial charge in [-0.2, -0.15) is 10.2 Å². The summed E-state index contributed by atoms with van der Waals surface area (Å²) in [6.45, 7) is 1.58. The highest BCUT2D eigenvalue weighted by atomic mass is 15.3. The fourth-order valence-corrected chi connectivity index (χ4v) is 1.96. The molecule has 102 valence electrons. The van der Waals surface area contributed by atoms with Crippen LogP contribution in [0.25, 0.3) is 5.69 Å². The first-order valence-electron chi connectivity index (χ1n) is 6.57. The lowest BCUT2D eigenvalue weighted by Gasteiger charge is -2.01. The summed E-state index contributed by atoms with van der Waals surface area (Å²) in [5, 5.41) is 14.5. The number of para-hydroxylation sites is 1. The molecule has 2 N–H and O–H groups in total. The van der Waals surface area contributed by atoms with E-state index in [1.807, 2.05) is 47.3 Å². The maximum absolute atomic E-state index is 4.53. The number of nitrogens with one attached hydrogen (secondary N) is 2. The molecule has 0 atom stereocenters. The molecule has 0 saturated carbocycles. The van der Waals surface area contributed by atoms with Crippen LogP contribution in [-0.4, -0.2) is 31.5 Å². The lowest BCUT2D eigenvalue weighted by molar-refractivity contribution is 0.654. The average Bonchev–Trinajstić information content (AvgIpc) is 3.16. The molecule has 2 aromatic heterocycles. The van der Waals surface area contributed by atoms with Crippen LogP contribution in [0.2, 0.25) is 0 Å². The molecule has 0 bridgehead atoms. The van der Waals surface area contributed by atoms with E-state index in [2.05, 4.69) is 25.6 Å². The average molecular weight is 268 g/mol. The van der Waals surface area contributed by atoms with Crippen molar-refractivity contribution in [3.8, 4) is 5.69 Å². The molecule has 20 heavy (non-hydrogen) atoms. The minimum Gasteiger partial charge on any atom is -0.311 e. The van der Waals surface area contributed by atoms with Crippen LogP contribution in [0, 0.1) is 0 Å². The van der Waals surface area contributed by atoms with Crippen molar-refractivity contribution in [2.75, 3.05) is 6.54 Å². The molecule has 0 fully saturated rings. The van der Waals surface area contributed by atoms with E-state index in [1.165, 1.54) is 6.33 Å². The van der Waals surface area contributed by atoms with Gasteiger partial charge in [0.1, 0.15) is 12.2 Å². The minimum absolute atomic E-state index is 0.744. The standard InChI is InChI=1S/C14H16N6/c1-2-4-13(5-3-1)20-9-7-12(19-20)10-15-8-6-14-16-11-17-18-14/h1-5,7,9,11,15H,6,8,10H2,(H,16,17,18). The first-order chi connectivity index (χ1) is 9.92. The first-order valence-corrected chi connectivity index (χ1v) is 6.57. The number of H-pyrrole nitrogens is 1. The zero-order chi connectivity index (χ0) is 13.6. The van der Waals surface area contributed by atoms with Gasteiger partial charge in [-0.1, -0.05) is 18.2 Å². The van der Waals surface area contributed by atoms with Crippen molar-refractivity contribution in [3.63, 3.8) is 0 Å². The van der Waals surface area contributed by atoms with E-state index in [9.17, 15) is 0 Å². The molecule has 0 aliphatic carbocycles. The number of aromatic amines is 1. The van der Waals surface area contributed by atoms with Gasteiger partial charge < -0.3 is 5.32 Å². The zero-order valence-electron chi connectivity index (χ0n) is 11.0. The second kappa shape index (κ2) is 6.12. The van der Waals surface area contributed by atoms with Crippen LogP contribution in [0.3, 0.4) is 0 Å². The topological polar surface area (TPSA) is 71.4 Å². The van der Waals surface area contributed by atoms with Gasteiger partial charge in [0.2, 0.25) is 0 Å². The molecule has 0 radical (unpaired) electrons. The Bertz CT molecular complexity index is 629. The van der Waals surface area contributed by atoms with E-state index in [0.29, 0.717) is 0 Å². The van der Waals surface area contributed by atoms with E-state index in [0.717, 1.165) is 36.7 Å². The van der Waals surface area contributed by atoms with Gasteiger partial charge in [-0.15, -0.1) is 0 Å². The highest BCUT2D eigenvalue weighted by molar-refractivity contribution is 5.30. The van der Waals surface area contributed by atoms with Crippen LogP contribution in [-0.2, 0) is 13.0 Å². The molecule has 0 unspecified atom stereocenters. The van der Waals surface area contributed by atoms with E-state index < -0.39 is 0 Å². The zero-order valence-corrected chi connectivity index (χ0v) is 11.0. The summed E-state index contributed by atoms with van der Waals surface area (Å²) in [5.41, 5.74) is 2.09. The summed E-state index contributed by atoms with van der Waals surface area (Å²) in [5.74, 6) is 0.896. The highest BCUT2D eigenvalue weighted by Crippen LogP contribution is 2.06. The molecule has 3 aromatic rings. The van der Waals surface area contributed by atoms with Crippen molar-refractivity contribution < 1.29 is 0 Å². The van der Waals surface area contributed by atoms with Gasteiger partial charge in [-0.05, 0) is 18.2 Å². The van der Waals surface area contributed by atoms with Crippen molar-refractivity contribution in [3.05, 3.63) is 60.4 Å². The van der Waals surface area contributed by atoms with Gasteiger partial charge in [0.15, 0.2) is 0 Å². The molecule has 0 aliphatic heterocycles. The van der Waals surface area contributed by atoms with Gasteiger partial charge in [-0.3, -0.25) is 5.10 Å². The van der Waals surface area contributed by atoms with Gasteiger partial charge >= 0.3 is 0 Å². The van der Waals surface area contributed by atoms with Gasteiger partial charge in [0.25, 0.3) is 0 Å². The number of hydrogen-bond acceptors (Lipinski definition) is 4. The lowest BCUT2D eigenvalue weighted by Crippen LogP contribution is -2.17. The third-order valence-corrected chi connectivity index (χ3v) is 2.97. The van der Waals surface area contributed by atoms with Crippen LogP contribution in [0.1, 0.15) is 11.5 Å². The lowest BCUT2D eigenvalue weighted by atomic mass is 10.3. The Balaban J connectivity index is 1.50. The summed E-state index contributed by atoms with van der Waals surface area (Å²) in [7, 11) is 0. The third kappa shape index (κ3) is 3.10. The summed E-state index contributed by atoms with van der Waals surface area (Å²) < 4.78 is 1.88. The predicted octanol–water partition coefficient (Wildman–Crippen LogP) is 1.32. The molecule has 3 rings (SSSR count). The molecule has 0 amide bonds. The Morgan fingerprint density at radius 1 is 1.15 bits per heavy atom. The van der Waals surface area contributed by atoms with Crippen molar-refractivity contribution in [1.82, 2.24) is 30.3 Å². The molecule has 2 heterocycles. The number of nitrogens with zero attached hydrogens (tertiary/aromatic N) is 4. The van der Waals surface area contributed by atoms with Gasteiger partial charge in [0.05, 0.1) is 11.4 Å². The van der Waals surface area contributed by atoms with Crippen LogP contribution in [0.15, 0.2) is 48.9 Å². The largest absolute Gasteiger partial charge is 0.311 e. The van der Waals surface area contributed by atoms with Crippen molar-refractivity contribution in [1.29, 1.82) is 0 Å². The van der Waals surface area contributed by atoms with Crippen molar-refractivity contribution >= 4 is 0 Å². The maximum atomic E-state index is 4.53. The maximum Gasteiger partial charge on any atom is 0.137 e. The molecule has 6 heteroatoms. The summed E-state index contributed by atoms with van der Waals surface area (Å²) >= 11 is 0. The van der Waals surface area contributed by atoms with Gasteiger partial charge in [0, 0.05) is 25.7 Å². The number of hydrogen-bond donors (Lipinski definition) is 2. The number of benzene rings is 1. The van der Waals surface area contributed by atoms with Crippen molar-refractivity contribution in [2.24, 2.45) is 0 Å². The Morgan fingerprint density at radius 3 is 2.85 bits per heavy atom. The third-order valence-electron chi connectivity index (χ3n) is 2.97. The Hall–Kier alpha value is -2.47. The van der Waals surface area contributed by atoms with Crippen LogP contribution in [0.5, 0.6) is 0 Å². The van der Waals surface area contributed by atoms with Crippen LogP contribution >= 0.6 is 0 Å². The van der Waals surface area contributed by atoms with Crippen LogP contribution in [0.4, 0.5) is 0 Å². The van der Waals surface area contributed by atoms with Crippen LogP contribution < -0.4 is 5.32 Å². The van der Waals surface area contributed by atoms with E-state index in [4.69, 9.17) is 0 Å². The Kier molecular flexibility index (Phi) is 3.84. The monoisotopic (exact) mass is 268 g/mol. The van der Waals surface area contributed by atoms with Crippen molar-refractivity contribution in [2.45, 2.75) is 13.0 Å². The van der Waals surface area contributed by atoms with E-state index >= 15 is 0 Å². The minimum atomic E-state index is 0.744. The Labute approximate surface area is 116 Å². The summed E-state index contributed by atoms with van der Waals surface area (Å²) in [4.78, 5) is 4.08. The molecule has 0 spiro atoms. The predicted molar refractivity (Wildman–Crippen MR) is 75.4 cm³/mol. The van der Waals surface area contributed by atoms with Gasteiger partial charge in [-0.25, -0.2) is 9.67 Å². The fraction of sp³-hybridized carbons (Fsp3) is 0.214. The molecule has 1 aromatic carbocycles. The second-order valence-corrected chi connectivity index (χ2v) is 4.45. The molecular formula is C14H16N6.